The number of ketones is 1. The molecule has 12 heavy (non-hydrogen) atoms. The summed E-state index contributed by atoms with van der Waals surface area (Å²) in [6, 6.07) is 0. The minimum atomic E-state index is -0.0819. The fourth-order valence-electron chi connectivity index (χ4n) is 3.68. The molecule has 2 aliphatic heterocycles. The number of fused-ring (bicyclic) bond motifs is 2. The molecule has 4 aliphatic rings. The number of hydrogen-bond acceptors (Lipinski definition) is 3. The number of carbonyl (C=O) groups excluding carboxylic acids is 1. The van der Waals surface area contributed by atoms with Gasteiger partial charge in [-0.25, -0.2) is 0 Å². The highest BCUT2D eigenvalue weighted by Gasteiger charge is 2.68. The summed E-state index contributed by atoms with van der Waals surface area (Å²) in [5.41, 5.74) is 0. The molecule has 2 heterocycles. The lowest BCUT2D eigenvalue weighted by molar-refractivity contribution is -0.151. The summed E-state index contributed by atoms with van der Waals surface area (Å²) in [7, 11) is 0. The molecule has 2 bridgehead atoms. The number of rotatable bonds is 0. The second kappa shape index (κ2) is 1.61. The Hall–Kier alpha value is -0.410. The quantitative estimate of drug-likeness (QED) is 0.515. The first-order chi connectivity index (χ1) is 5.86. The van der Waals surface area contributed by atoms with Gasteiger partial charge in [0, 0.05) is 23.7 Å². The van der Waals surface area contributed by atoms with Crippen LogP contribution in [0.15, 0.2) is 0 Å². The predicted octanol–water partition coefficient (Wildman–Crippen LogP) is 0.193. The molecule has 4 fully saturated rings. The van der Waals surface area contributed by atoms with Crippen molar-refractivity contribution >= 4 is 5.78 Å². The molecule has 2 saturated carbocycles. The summed E-state index contributed by atoms with van der Waals surface area (Å²) >= 11 is 0. The second-order valence-corrected chi connectivity index (χ2v) is 4.41. The molecule has 0 spiro atoms. The van der Waals surface area contributed by atoms with Gasteiger partial charge in [-0.1, -0.05) is 0 Å². The van der Waals surface area contributed by atoms with E-state index >= 15 is 0 Å². The van der Waals surface area contributed by atoms with Gasteiger partial charge >= 0.3 is 0 Å². The van der Waals surface area contributed by atoms with Gasteiger partial charge in [0.05, 0.1) is 6.61 Å². The number of ether oxygens (including phenoxy) is 2. The van der Waals surface area contributed by atoms with Gasteiger partial charge in [-0.15, -0.1) is 0 Å². The molecular formula is C9H10O3. The van der Waals surface area contributed by atoms with Crippen LogP contribution in [-0.4, -0.2) is 24.8 Å². The summed E-state index contributed by atoms with van der Waals surface area (Å²) in [5.74, 6) is 2.24. The van der Waals surface area contributed by atoms with Gasteiger partial charge in [0.15, 0.2) is 12.1 Å². The van der Waals surface area contributed by atoms with Gasteiger partial charge in [-0.05, 0) is 6.42 Å². The summed E-state index contributed by atoms with van der Waals surface area (Å²) in [6.07, 6.45) is 0.974. The van der Waals surface area contributed by atoms with Gasteiger partial charge in [0.2, 0.25) is 0 Å². The first-order valence-electron chi connectivity index (χ1n) is 4.67. The molecule has 4 rings (SSSR count). The second-order valence-electron chi connectivity index (χ2n) is 4.41. The van der Waals surface area contributed by atoms with E-state index in [-0.39, 0.29) is 18.3 Å². The minimum absolute atomic E-state index is 0.0264. The fraction of sp³-hybridized carbons (Fsp3) is 0.889. The van der Waals surface area contributed by atoms with Gasteiger partial charge in [-0.3, -0.25) is 4.79 Å². The highest BCUT2D eigenvalue weighted by atomic mass is 16.7. The third kappa shape index (κ3) is 0.430. The normalized spacial score (nSPS) is 65.2. The first kappa shape index (κ1) is 6.11. The van der Waals surface area contributed by atoms with Crippen molar-refractivity contribution in [3.63, 3.8) is 0 Å². The van der Waals surface area contributed by atoms with Crippen LogP contribution >= 0.6 is 0 Å². The summed E-state index contributed by atoms with van der Waals surface area (Å²) in [5, 5.41) is 0. The fourth-order valence-corrected chi connectivity index (χ4v) is 3.68. The zero-order valence-corrected chi connectivity index (χ0v) is 6.60. The SMILES string of the molecule is O=C1[C@H]2C[C@@H]3[C@H]4[C@H](OC[C@H]42)O[C@H]13. The third-order valence-corrected chi connectivity index (χ3v) is 4.11. The number of hydrogen-bond donors (Lipinski definition) is 0. The van der Waals surface area contributed by atoms with E-state index in [1.54, 1.807) is 0 Å². The Morgan fingerprint density at radius 3 is 3.17 bits per heavy atom. The first-order valence-corrected chi connectivity index (χ1v) is 4.67. The van der Waals surface area contributed by atoms with Gasteiger partial charge in [0.1, 0.15) is 6.10 Å². The molecule has 0 radical (unpaired) electrons. The lowest BCUT2D eigenvalue weighted by Gasteiger charge is -2.20. The van der Waals surface area contributed by atoms with Crippen LogP contribution in [0.4, 0.5) is 0 Å². The van der Waals surface area contributed by atoms with E-state index in [2.05, 4.69) is 0 Å². The van der Waals surface area contributed by atoms with Gasteiger partial charge in [0.25, 0.3) is 0 Å². The van der Waals surface area contributed by atoms with E-state index in [4.69, 9.17) is 9.47 Å². The Kier molecular flexibility index (Phi) is 0.820. The maximum Gasteiger partial charge on any atom is 0.165 e. The van der Waals surface area contributed by atoms with Crippen LogP contribution in [0.2, 0.25) is 0 Å². The molecule has 2 aliphatic carbocycles. The Balaban J connectivity index is 1.92. The maximum absolute atomic E-state index is 11.6. The Morgan fingerprint density at radius 2 is 2.25 bits per heavy atom. The topological polar surface area (TPSA) is 35.5 Å². The average Bonchev–Trinajstić information content (AvgIpc) is 2.68. The largest absolute Gasteiger partial charge is 0.352 e. The lowest BCUT2D eigenvalue weighted by atomic mass is 9.81. The van der Waals surface area contributed by atoms with E-state index in [1.807, 2.05) is 0 Å². The maximum atomic E-state index is 11.6. The Labute approximate surface area is 70.0 Å². The Bertz CT molecular complexity index is 273. The van der Waals surface area contributed by atoms with Crippen molar-refractivity contribution in [2.75, 3.05) is 6.61 Å². The molecular weight excluding hydrogens is 156 g/mol. The zero-order chi connectivity index (χ0) is 7.87. The van der Waals surface area contributed by atoms with Crippen LogP contribution in [-0.2, 0) is 14.3 Å². The van der Waals surface area contributed by atoms with Crippen molar-refractivity contribution in [3.8, 4) is 0 Å². The summed E-state index contributed by atoms with van der Waals surface area (Å²) in [6.45, 7) is 0.759. The van der Waals surface area contributed by atoms with Crippen molar-refractivity contribution in [2.45, 2.75) is 18.8 Å². The van der Waals surface area contributed by atoms with E-state index in [1.165, 1.54) is 0 Å². The van der Waals surface area contributed by atoms with Crippen LogP contribution in [0, 0.1) is 23.7 Å². The van der Waals surface area contributed by atoms with E-state index in [0.29, 0.717) is 23.5 Å². The molecule has 0 unspecified atom stereocenters. The molecule has 3 nitrogen and oxygen atoms in total. The molecule has 64 valence electrons. The van der Waals surface area contributed by atoms with E-state index < -0.39 is 0 Å². The molecule has 0 aromatic carbocycles. The van der Waals surface area contributed by atoms with Crippen molar-refractivity contribution in [3.05, 3.63) is 0 Å². The monoisotopic (exact) mass is 166 g/mol. The lowest BCUT2D eigenvalue weighted by Crippen LogP contribution is -2.33. The molecule has 6 atom stereocenters. The molecule has 0 N–H and O–H groups in total. The van der Waals surface area contributed by atoms with Crippen LogP contribution < -0.4 is 0 Å². The highest BCUT2D eigenvalue weighted by molar-refractivity contribution is 5.90. The molecule has 0 amide bonds. The smallest absolute Gasteiger partial charge is 0.165 e. The molecule has 3 heteroatoms. The van der Waals surface area contributed by atoms with Crippen molar-refractivity contribution in [2.24, 2.45) is 23.7 Å². The average molecular weight is 166 g/mol. The molecule has 2 saturated heterocycles. The summed E-state index contributed by atoms with van der Waals surface area (Å²) in [4.78, 5) is 11.6. The minimum Gasteiger partial charge on any atom is -0.352 e. The van der Waals surface area contributed by atoms with Crippen LogP contribution in [0.5, 0.6) is 0 Å². The Morgan fingerprint density at radius 1 is 1.33 bits per heavy atom. The standard InChI is InChI=1S/C9H10O3/c10-7-3-1-4-6-5(3)2-11-9(6)12-8(4)7/h3-6,8-9H,1-2H2/t3-,4+,5-,6+,8-,9+/m0/s1. The van der Waals surface area contributed by atoms with Gasteiger partial charge in [-0.2, -0.15) is 0 Å². The zero-order valence-electron chi connectivity index (χ0n) is 6.60. The highest BCUT2D eigenvalue weighted by Crippen LogP contribution is 2.60. The summed E-state index contributed by atoms with van der Waals surface area (Å²) < 4.78 is 11.1. The van der Waals surface area contributed by atoms with Crippen LogP contribution in [0.1, 0.15) is 6.42 Å². The number of carbonyl (C=O) groups is 1. The molecule has 0 aromatic heterocycles. The van der Waals surface area contributed by atoms with Gasteiger partial charge < -0.3 is 9.47 Å². The molecule has 0 aromatic rings. The predicted molar refractivity (Wildman–Crippen MR) is 38.2 cm³/mol. The van der Waals surface area contributed by atoms with Crippen molar-refractivity contribution in [1.29, 1.82) is 0 Å². The third-order valence-electron chi connectivity index (χ3n) is 4.11. The number of Topliss-reactive ketones (excluding diaryl/α,β-unsaturated/α-hetero) is 1. The van der Waals surface area contributed by atoms with Crippen molar-refractivity contribution in [1.82, 2.24) is 0 Å². The van der Waals surface area contributed by atoms with Crippen molar-refractivity contribution < 1.29 is 14.3 Å². The van der Waals surface area contributed by atoms with E-state index in [9.17, 15) is 4.79 Å². The van der Waals surface area contributed by atoms with E-state index in [0.717, 1.165) is 13.0 Å². The van der Waals surface area contributed by atoms with Crippen LogP contribution in [0.25, 0.3) is 0 Å². The van der Waals surface area contributed by atoms with Crippen LogP contribution in [0.3, 0.4) is 0 Å².